The van der Waals surface area contributed by atoms with Gasteiger partial charge in [0, 0.05) is 12.1 Å². The van der Waals surface area contributed by atoms with Gasteiger partial charge in [0.05, 0.1) is 30.5 Å². The summed E-state index contributed by atoms with van der Waals surface area (Å²) in [6, 6.07) is 8.68. The summed E-state index contributed by atoms with van der Waals surface area (Å²) >= 11 is 6.01. The molecule has 0 bridgehead atoms. The number of benzene rings is 2. The molecule has 0 spiro atoms. The lowest BCUT2D eigenvalue weighted by atomic mass is 10.2. The maximum absolute atomic E-state index is 12.5. The summed E-state index contributed by atoms with van der Waals surface area (Å²) in [7, 11) is -1.28. The maximum Gasteiger partial charge on any atom is 0.269 e. The lowest BCUT2D eigenvalue weighted by molar-refractivity contribution is -0.116. The molecule has 0 fully saturated rings. The number of halogens is 2. The quantitative estimate of drug-likeness (QED) is 0.756. The van der Waals surface area contributed by atoms with Crippen LogP contribution in [0.15, 0.2) is 41.3 Å². The molecule has 0 aliphatic carbocycles. The summed E-state index contributed by atoms with van der Waals surface area (Å²) in [6.45, 7) is -0.677. The van der Waals surface area contributed by atoms with E-state index in [1.165, 1.54) is 44.6 Å². The highest BCUT2D eigenvalue weighted by molar-refractivity contribution is 7.90. The molecule has 150 valence electrons. The topological polar surface area (TPSA) is 102 Å². The number of nitrogens with zero attached hydrogens (tertiary/aromatic N) is 1. The number of nitrogens with one attached hydrogen (secondary N) is 1. The molecule has 2 amide bonds. The van der Waals surface area contributed by atoms with E-state index in [1.54, 1.807) is 6.07 Å². The predicted molar refractivity (Wildman–Crippen MR) is 105 cm³/mol. The molecule has 11 heteroatoms. The first-order valence-corrected chi connectivity index (χ1v) is 9.49. The van der Waals surface area contributed by atoms with Crippen LogP contribution in [0.5, 0.6) is 11.5 Å². The average molecular weight is 447 g/mol. The molecule has 1 aliphatic heterocycles. The minimum absolute atomic E-state index is 0. The van der Waals surface area contributed by atoms with Crippen LogP contribution in [0.1, 0.15) is 10.4 Å². The van der Waals surface area contributed by atoms with Gasteiger partial charge in [-0.1, -0.05) is 23.7 Å². The Morgan fingerprint density at radius 2 is 1.79 bits per heavy atom. The second-order valence-corrected chi connectivity index (χ2v) is 7.79. The summed E-state index contributed by atoms with van der Waals surface area (Å²) < 4.78 is 35.8. The number of methoxy groups -OCH3 is 2. The smallest absolute Gasteiger partial charge is 0.269 e. The monoisotopic (exact) mass is 446 g/mol. The second kappa shape index (κ2) is 8.26. The fraction of sp³-hybridized carbons (Fsp3) is 0.176. The van der Waals surface area contributed by atoms with E-state index < -0.39 is 28.4 Å². The number of ether oxygens (including phenoxy) is 2. The van der Waals surface area contributed by atoms with Gasteiger partial charge in [-0.2, -0.15) is 0 Å². The fourth-order valence-corrected chi connectivity index (χ4v) is 4.42. The van der Waals surface area contributed by atoms with Crippen molar-refractivity contribution in [3.05, 3.63) is 47.0 Å². The standard InChI is InChI=1S/C17H15ClN2O6S.ClH/c1-25-13-8-12(14(26-2)7-11(13)18)19-16(21)9-20-17(22)10-5-3-4-6-15(10)27(20,23)24;/h3-8H,9H2,1-2H3,(H,19,21);1H. The van der Waals surface area contributed by atoms with Crippen molar-refractivity contribution in [1.29, 1.82) is 0 Å². The zero-order chi connectivity index (χ0) is 19.8. The molecule has 0 saturated carbocycles. The SMILES string of the molecule is COc1cc(NC(=O)CN2C(=O)c3ccccc3S2(=O)=O)c(OC)cc1Cl.Cl. The Morgan fingerprint density at radius 1 is 1.14 bits per heavy atom. The van der Waals surface area contributed by atoms with E-state index in [0.29, 0.717) is 10.1 Å². The molecule has 2 aromatic rings. The molecule has 2 aromatic carbocycles. The molecule has 1 aliphatic rings. The minimum atomic E-state index is -4.07. The molecule has 28 heavy (non-hydrogen) atoms. The van der Waals surface area contributed by atoms with Crippen molar-refractivity contribution in [3.63, 3.8) is 0 Å². The van der Waals surface area contributed by atoms with E-state index in [4.69, 9.17) is 21.1 Å². The van der Waals surface area contributed by atoms with E-state index in [-0.39, 0.29) is 39.3 Å². The third-order valence-electron chi connectivity index (χ3n) is 3.95. The summed E-state index contributed by atoms with van der Waals surface area (Å²) in [5.74, 6) is -0.915. The first-order valence-electron chi connectivity index (χ1n) is 7.67. The van der Waals surface area contributed by atoms with Gasteiger partial charge in [0.1, 0.15) is 22.9 Å². The Labute approximate surface area is 172 Å². The van der Waals surface area contributed by atoms with Gasteiger partial charge >= 0.3 is 0 Å². The zero-order valence-electron chi connectivity index (χ0n) is 14.8. The van der Waals surface area contributed by atoms with E-state index in [2.05, 4.69) is 5.32 Å². The maximum atomic E-state index is 12.5. The molecule has 0 aromatic heterocycles. The van der Waals surface area contributed by atoms with Crippen LogP contribution in [0.4, 0.5) is 5.69 Å². The number of hydrogen-bond donors (Lipinski definition) is 1. The summed E-state index contributed by atoms with van der Waals surface area (Å²) in [5.41, 5.74) is 0.265. The highest BCUT2D eigenvalue weighted by Crippen LogP contribution is 2.36. The molecule has 0 saturated heterocycles. The Balaban J connectivity index is 0.00000280. The van der Waals surface area contributed by atoms with Crippen LogP contribution < -0.4 is 14.8 Å². The third-order valence-corrected chi connectivity index (χ3v) is 6.03. The van der Waals surface area contributed by atoms with Crippen molar-refractivity contribution in [1.82, 2.24) is 4.31 Å². The Bertz CT molecular complexity index is 1040. The summed E-state index contributed by atoms with van der Waals surface area (Å²) in [6.07, 6.45) is 0. The Hall–Kier alpha value is -2.49. The molecular weight excluding hydrogens is 431 g/mol. The summed E-state index contributed by atoms with van der Waals surface area (Å²) in [4.78, 5) is 24.7. The molecule has 8 nitrogen and oxygen atoms in total. The van der Waals surface area contributed by atoms with Crippen molar-refractivity contribution < 1.29 is 27.5 Å². The lowest BCUT2D eigenvalue weighted by Gasteiger charge is -2.16. The molecule has 3 rings (SSSR count). The molecule has 0 atom stereocenters. The zero-order valence-corrected chi connectivity index (χ0v) is 17.2. The van der Waals surface area contributed by atoms with Gasteiger partial charge in [-0.15, -0.1) is 12.4 Å². The number of carbonyl (C=O) groups excluding carboxylic acids is 2. The third kappa shape index (κ3) is 3.73. The number of anilines is 1. The number of sulfonamides is 1. The minimum Gasteiger partial charge on any atom is -0.495 e. The lowest BCUT2D eigenvalue weighted by Crippen LogP contribution is -2.37. The fourth-order valence-electron chi connectivity index (χ4n) is 2.67. The Kier molecular flexibility index (Phi) is 6.43. The van der Waals surface area contributed by atoms with Crippen LogP contribution >= 0.6 is 24.0 Å². The number of carbonyl (C=O) groups is 2. The van der Waals surface area contributed by atoms with Gasteiger partial charge < -0.3 is 14.8 Å². The highest BCUT2D eigenvalue weighted by Gasteiger charge is 2.41. The number of rotatable bonds is 5. The Morgan fingerprint density at radius 3 is 2.39 bits per heavy atom. The van der Waals surface area contributed by atoms with Crippen molar-refractivity contribution in [2.75, 3.05) is 26.1 Å². The van der Waals surface area contributed by atoms with Crippen LogP contribution in [0, 0.1) is 0 Å². The van der Waals surface area contributed by atoms with Gasteiger partial charge in [0.25, 0.3) is 15.9 Å². The molecular formula is C17H16Cl2N2O6S. The second-order valence-electron chi connectivity index (χ2n) is 5.55. The van der Waals surface area contributed by atoms with Crippen molar-refractivity contribution in [2.24, 2.45) is 0 Å². The van der Waals surface area contributed by atoms with Crippen LogP contribution in [-0.4, -0.2) is 45.3 Å². The normalized spacial score (nSPS) is 14.1. The van der Waals surface area contributed by atoms with E-state index in [1.807, 2.05) is 0 Å². The van der Waals surface area contributed by atoms with Gasteiger partial charge in [0.2, 0.25) is 5.91 Å². The van der Waals surface area contributed by atoms with E-state index in [9.17, 15) is 18.0 Å². The van der Waals surface area contributed by atoms with Gasteiger partial charge in [-0.3, -0.25) is 9.59 Å². The van der Waals surface area contributed by atoms with E-state index >= 15 is 0 Å². The molecule has 0 radical (unpaired) electrons. The van der Waals surface area contributed by atoms with Crippen LogP contribution in [0.3, 0.4) is 0 Å². The van der Waals surface area contributed by atoms with Crippen LogP contribution in [0.25, 0.3) is 0 Å². The van der Waals surface area contributed by atoms with Crippen LogP contribution in [-0.2, 0) is 14.8 Å². The largest absolute Gasteiger partial charge is 0.495 e. The van der Waals surface area contributed by atoms with Crippen molar-refractivity contribution >= 4 is 51.5 Å². The van der Waals surface area contributed by atoms with Gasteiger partial charge in [0.15, 0.2) is 0 Å². The molecule has 1 N–H and O–H groups in total. The summed E-state index contributed by atoms with van der Waals surface area (Å²) in [5, 5.41) is 2.79. The predicted octanol–water partition coefficient (Wildman–Crippen LogP) is 2.56. The van der Waals surface area contributed by atoms with Gasteiger partial charge in [-0.25, -0.2) is 12.7 Å². The first kappa shape index (κ1) is 21.8. The van der Waals surface area contributed by atoms with E-state index in [0.717, 1.165) is 0 Å². The molecule has 1 heterocycles. The van der Waals surface area contributed by atoms with Crippen LogP contribution in [0.2, 0.25) is 5.02 Å². The first-order chi connectivity index (χ1) is 12.8. The number of amides is 2. The number of fused-ring (bicyclic) bond motifs is 1. The van der Waals surface area contributed by atoms with Crippen molar-refractivity contribution in [3.8, 4) is 11.5 Å². The van der Waals surface area contributed by atoms with Crippen molar-refractivity contribution in [2.45, 2.75) is 4.90 Å². The number of hydrogen-bond acceptors (Lipinski definition) is 6. The average Bonchev–Trinajstić information content (AvgIpc) is 2.84. The van der Waals surface area contributed by atoms with Gasteiger partial charge in [-0.05, 0) is 12.1 Å². The highest BCUT2D eigenvalue weighted by atomic mass is 35.5. The molecule has 0 unspecified atom stereocenters.